The molecule has 0 unspecified atom stereocenters. The number of carbonyl (C=O) groups is 3. The number of amides is 2. The molecule has 0 bridgehead atoms. The molecule has 1 saturated heterocycles. The molecule has 0 aliphatic carbocycles. The van der Waals surface area contributed by atoms with Crippen LogP contribution in [0.4, 0.5) is 5.00 Å². The summed E-state index contributed by atoms with van der Waals surface area (Å²) >= 11 is 1.11. The summed E-state index contributed by atoms with van der Waals surface area (Å²) in [5, 5.41) is 3.20. The monoisotopic (exact) mass is 509 g/mol. The second-order valence-corrected chi connectivity index (χ2v) is 9.27. The lowest BCUT2D eigenvalue weighted by Crippen LogP contribution is -2.36. The number of rotatable bonds is 7. The molecule has 1 aromatic carbocycles. The van der Waals surface area contributed by atoms with Gasteiger partial charge in [0.1, 0.15) is 5.00 Å². The Hall–Kier alpha value is -2.46. The second kappa shape index (κ2) is 12.3. The summed E-state index contributed by atoms with van der Waals surface area (Å²) in [6.45, 7) is 8.72. The molecular formula is C24H32ClN3O5S. The minimum absolute atomic E-state index is 0. The lowest BCUT2D eigenvalue weighted by atomic mass is 10.1. The summed E-state index contributed by atoms with van der Waals surface area (Å²) in [7, 11) is 3.33. The van der Waals surface area contributed by atoms with Crippen LogP contribution in [0.3, 0.4) is 0 Å². The highest BCUT2D eigenvalue weighted by atomic mass is 35.5. The Morgan fingerprint density at radius 3 is 2.29 bits per heavy atom. The lowest BCUT2D eigenvalue weighted by molar-refractivity contribution is 0.0336. The van der Waals surface area contributed by atoms with Gasteiger partial charge in [-0.1, -0.05) is 17.2 Å². The van der Waals surface area contributed by atoms with Crippen LogP contribution < -0.4 is 5.32 Å². The van der Waals surface area contributed by atoms with E-state index in [1.165, 1.54) is 4.90 Å². The first kappa shape index (κ1) is 27.8. The van der Waals surface area contributed by atoms with Crippen LogP contribution in [-0.4, -0.2) is 74.6 Å². The number of benzene rings is 1. The predicted octanol–water partition coefficient (Wildman–Crippen LogP) is 3.75. The normalized spacial score (nSPS) is 13.7. The maximum Gasteiger partial charge on any atom is 0.341 e. The van der Waals surface area contributed by atoms with Crippen LogP contribution in [0, 0.1) is 13.8 Å². The first-order valence-electron chi connectivity index (χ1n) is 11.0. The maximum absolute atomic E-state index is 13.1. The van der Waals surface area contributed by atoms with E-state index in [2.05, 4.69) is 10.2 Å². The maximum atomic E-state index is 13.1. The van der Waals surface area contributed by atoms with Crippen LogP contribution in [0.5, 0.6) is 0 Å². The molecule has 2 amide bonds. The molecule has 2 aromatic rings. The molecule has 34 heavy (non-hydrogen) atoms. The zero-order valence-electron chi connectivity index (χ0n) is 20.2. The fourth-order valence-electron chi connectivity index (χ4n) is 3.76. The zero-order valence-corrected chi connectivity index (χ0v) is 21.9. The van der Waals surface area contributed by atoms with Crippen molar-refractivity contribution < 1.29 is 23.9 Å². The molecule has 0 atom stereocenters. The van der Waals surface area contributed by atoms with Gasteiger partial charge in [0, 0.05) is 44.9 Å². The van der Waals surface area contributed by atoms with Gasteiger partial charge < -0.3 is 19.7 Å². The number of nitrogens with zero attached hydrogens (tertiary/aromatic N) is 2. The van der Waals surface area contributed by atoms with E-state index in [1.807, 2.05) is 19.9 Å². The van der Waals surface area contributed by atoms with Gasteiger partial charge in [0.15, 0.2) is 0 Å². The van der Waals surface area contributed by atoms with E-state index in [1.54, 1.807) is 33.2 Å². The molecule has 3 rings (SSSR count). The number of aryl methyl sites for hydroxylation is 2. The van der Waals surface area contributed by atoms with Gasteiger partial charge in [0.2, 0.25) is 0 Å². The number of thiophene rings is 1. The smallest absolute Gasteiger partial charge is 0.341 e. The van der Waals surface area contributed by atoms with Gasteiger partial charge in [-0.2, -0.15) is 0 Å². The molecule has 1 N–H and O–H groups in total. The summed E-state index contributed by atoms with van der Waals surface area (Å²) < 4.78 is 10.8. The fourth-order valence-corrected chi connectivity index (χ4v) is 4.98. The van der Waals surface area contributed by atoms with Gasteiger partial charge in [0.25, 0.3) is 11.8 Å². The average molecular weight is 510 g/mol. The fraction of sp³-hybridized carbons (Fsp3) is 0.458. The lowest BCUT2D eigenvalue weighted by Gasteiger charge is -2.27. The molecular weight excluding hydrogens is 478 g/mol. The van der Waals surface area contributed by atoms with E-state index in [4.69, 9.17) is 9.47 Å². The Bertz CT molecular complexity index is 1030. The van der Waals surface area contributed by atoms with Crippen molar-refractivity contribution in [1.82, 2.24) is 9.80 Å². The molecule has 0 radical (unpaired) electrons. The van der Waals surface area contributed by atoms with Crippen molar-refractivity contribution in [3.05, 3.63) is 50.9 Å². The minimum Gasteiger partial charge on any atom is -0.462 e. The number of carbonyl (C=O) groups excluding carboxylic acids is 3. The summed E-state index contributed by atoms with van der Waals surface area (Å²) in [6.07, 6.45) is 0. The van der Waals surface area contributed by atoms with Crippen LogP contribution >= 0.6 is 23.7 Å². The van der Waals surface area contributed by atoms with Crippen molar-refractivity contribution in [2.45, 2.75) is 27.3 Å². The molecule has 1 fully saturated rings. The number of hydrogen-bond acceptors (Lipinski definition) is 7. The van der Waals surface area contributed by atoms with Crippen LogP contribution in [0.25, 0.3) is 0 Å². The van der Waals surface area contributed by atoms with E-state index < -0.39 is 5.97 Å². The predicted molar refractivity (Wildman–Crippen MR) is 136 cm³/mol. The van der Waals surface area contributed by atoms with Crippen LogP contribution in [0.2, 0.25) is 0 Å². The Balaban J connectivity index is 0.00000408. The van der Waals surface area contributed by atoms with Crippen molar-refractivity contribution in [2.24, 2.45) is 0 Å². The van der Waals surface area contributed by atoms with Crippen molar-refractivity contribution >= 4 is 46.5 Å². The quantitative estimate of drug-likeness (QED) is 0.572. The molecule has 1 aliphatic heterocycles. The van der Waals surface area contributed by atoms with Gasteiger partial charge in [-0.25, -0.2) is 4.79 Å². The van der Waals surface area contributed by atoms with Gasteiger partial charge in [0.05, 0.1) is 30.3 Å². The van der Waals surface area contributed by atoms with Gasteiger partial charge >= 0.3 is 5.97 Å². The standard InChI is InChI=1S/C24H31N3O5S.ClH/c1-6-32-24(30)19-18(14-27-7-9-31-10-8-27)20(23(29)26(4)5)33-22(19)25-21(28)17-12-15(2)11-16(3)13-17;/h11-13H,6-10,14H2,1-5H3,(H,25,28);1H. The number of hydrogen-bond donors (Lipinski definition) is 1. The van der Waals surface area contributed by atoms with Gasteiger partial charge in [-0.05, 0) is 32.9 Å². The molecule has 0 saturated carbocycles. The number of morpholine rings is 1. The van der Waals surface area contributed by atoms with Crippen LogP contribution in [0.1, 0.15) is 54.0 Å². The van der Waals surface area contributed by atoms with Crippen molar-refractivity contribution in [3.8, 4) is 0 Å². The molecule has 186 valence electrons. The van der Waals surface area contributed by atoms with Crippen molar-refractivity contribution in [1.29, 1.82) is 0 Å². The topological polar surface area (TPSA) is 88.2 Å². The van der Waals surface area contributed by atoms with Crippen molar-refractivity contribution in [2.75, 3.05) is 52.3 Å². The van der Waals surface area contributed by atoms with E-state index in [0.29, 0.717) is 53.9 Å². The average Bonchev–Trinajstić information content (AvgIpc) is 3.10. The molecule has 1 aliphatic rings. The van der Waals surface area contributed by atoms with E-state index in [0.717, 1.165) is 22.5 Å². The highest BCUT2D eigenvalue weighted by molar-refractivity contribution is 7.18. The third-order valence-corrected chi connectivity index (χ3v) is 6.42. The Labute approximate surface area is 210 Å². The third kappa shape index (κ3) is 6.56. The second-order valence-electron chi connectivity index (χ2n) is 8.25. The number of esters is 1. The Kier molecular flexibility index (Phi) is 10.1. The first-order valence-corrected chi connectivity index (χ1v) is 11.8. The SMILES string of the molecule is CCOC(=O)c1c(NC(=O)c2cc(C)cc(C)c2)sc(C(=O)N(C)C)c1CN1CCOCC1.Cl. The van der Waals surface area contributed by atoms with Crippen molar-refractivity contribution in [3.63, 3.8) is 0 Å². The number of nitrogens with one attached hydrogen (secondary N) is 1. The van der Waals surface area contributed by atoms with Gasteiger partial charge in [-0.15, -0.1) is 23.7 Å². The highest BCUT2D eigenvalue weighted by Crippen LogP contribution is 2.36. The minimum atomic E-state index is -0.550. The number of anilines is 1. The Morgan fingerprint density at radius 2 is 1.74 bits per heavy atom. The largest absolute Gasteiger partial charge is 0.462 e. The summed E-state index contributed by atoms with van der Waals surface area (Å²) in [4.78, 5) is 43.2. The van der Waals surface area contributed by atoms with Crippen LogP contribution in [-0.2, 0) is 16.0 Å². The van der Waals surface area contributed by atoms with E-state index in [9.17, 15) is 14.4 Å². The molecule has 0 spiro atoms. The zero-order chi connectivity index (χ0) is 24.1. The molecule has 10 heteroatoms. The van der Waals surface area contributed by atoms with Crippen LogP contribution in [0.15, 0.2) is 18.2 Å². The summed E-state index contributed by atoms with van der Waals surface area (Å²) in [5.41, 5.74) is 3.25. The summed E-state index contributed by atoms with van der Waals surface area (Å²) in [6, 6.07) is 5.57. The number of ether oxygens (including phenoxy) is 2. The third-order valence-electron chi connectivity index (χ3n) is 5.28. The first-order chi connectivity index (χ1) is 15.7. The highest BCUT2D eigenvalue weighted by Gasteiger charge is 2.31. The van der Waals surface area contributed by atoms with E-state index >= 15 is 0 Å². The molecule has 2 heterocycles. The molecule has 8 nitrogen and oxygen atoms in total. The van der Waals surface area contributed by atoms with E-state index in [-0.39, 0.29) is 36.4 Å². The van der Waals surface area contributed by atoms with Gasteiger partial charge in [-0.3, -0.25) is 14.5 Å². The summed E-state index contributed by atoms with van der Waals surface area (Å²) in [5.74, 6) is -1.11. The number of halogens is 1. The Morgan fingerprint density at radius 1 is 1.12 bits per heavy atom. The molecule has 1 aromatic heterocycles.